The third kappa shape index (κ3) is 11.8. The number of carboxylic acid groups (broad SMARTS) is 4. The number of phenols is 1. The largest absolute Gasteiger partial charge is 0.508 e. The van der Waals surface area contributed by atoms with Crippen molar-refractivity contribution in [2.24, 2.45) is 0 Å². The maximum atomic E-state index is 10.1. The summed E-state index contributed by atoms with van der Waals surface area (Å²) in [5, 5.41) is 40.9. The molecule has 0 atom stereocenters. The number of aromatic hydroxyl groups is 1. The molecule has 5 N–H and O–H groups in total. The Balaban J connectivity index is 0.000000465. The van der Waals surface area contributed by atoms with E-state index in [4.69, 9.17) is 49.1 Å². The number of aliphatic carboxylic acids is 4. The van der Waals surface area contributed by atoms with Crippen LogP contribution in [0, 0.1) is 0 Å². The summed E-state index contributed by atoms with van der Waals surface area (Å²) in [6.07, 6.45) is 3.39. The number of thiophene rings is 1. The average Bonchev–Trinajstić information content (AvgIpc) is 3.70. The van der Waals surface area contributed by atoms with E-state index < -0.39 is 23.9 Å². The van der Waals surface area contributed by atoms with Gasteiger partial charge < -0.3 is 39.9 Å². The van der Waals surface area contributed by atoms with E-state index in [0.717, 1.165) is 42.3 Å². The summed E-state index contributed by atoms with van der Waals surface area (Å²) in [7, 11) is 5.87. The molecule has 0 spiro atoms. The minimum Gasteiger partial charge on any atom is -0.508 e. The molecule has 5 rings (SSSR count). The van der Waals surface area contributed by atoms with E-state index in [2.05, 4.69) is 66.4 Å². The van der Waals surface area contributed by atoms with Crippen LogP contribution in [0.15, 0.2) is 60.7 Å². The topological polar surface area (TPSA) is 194 Å². The van der Waals surface area contributed by atoms with Crippen LogP contribution in [-0.4, -0.2) is 107 Å². The first kappa shape index (κ1) is 38.3. The number of carbonyl (C=O) groups is 4. The Labute approximate surface area is 287 Å². The van der Waals surface area contributed by atoms with Crippen molar-refractivity contribution >= 4 is 45.3 Å². The van der Waals surface area contributed by atoms with E-state index in [-0.39, 0.29) is 0 Å². The molecule has 0 saturated carbocycles. The van der Waals surface area contributed by atoms with Crippen molar-refractivity contribution in [3.63, 3.8) is 0 Å². The molecule has 2 heterocycles. The molecule has 0 radical (unpaired) electrons. The molecule has 1 aliphatic heterocycles. The van der Waals surface area contributed by atoms with Crippen molar-refractivity contribution in [1.82, 2.24) is 9.80 Å². The smallest absolute Gasteiger partial charge is 0.414 e. The van der Waals surface area contributed by atoms with E-state index in [1.54, 1.807) is 24.5 Å². The number of carboxylic acids is 4. The van der Waals surface area contributed by atoms with Gasteiger partial charge in [-0.3, -0.25) is 4.90 Å². The molecule has 262 valence electrons. The van der Waals surface area contributed by atoms with Gasteiger partial charge in [-0.05, 0) is 117 Å². The lowest BCUT2D eigenvalue weighted by molar-refractivity contribution is -0.159. The Hall–Kier alpha value is -5.18. The fourth-order valence-corrected chi connectivity index (χ4v) is 6.38. The summed E-state index contributed by atoms with van der Waals surface area (Å²) in [5.41, 5.74) is 4.82. The Morgan fingerprint density at radius 2 is 1.45 bits per heavy atom. The second kappa shape index (κ2) is 18.4. The molecular weight excluding hydrogens is 656 g/mol. The maximum absolute atomic E-state index is 10.1. The fraction of sp³-hybridized carbons (Fsp3) is 0.314. The fourth-order valence-electron chi connectivity index (χ4n) is 5.12. The second-order valence-corrected chi connectivity index (χ2v) is 12.3. The molecule has 0 amide bonds. The van der Waals surface area contributed by atoms with Gasteiger partial charge in [-0.1, -0.05) is 12.1 Å². The zero-order valence-electron chi connectivity index (χ0n) is 27.4. The standard InChI is InChI=1S/C31H36N2O3S.2C2H2O4/c1-32(2)21-24-7-6-22(19-29(24)35-3)18-28-27-13-10-25(34)20-30(27)37-31(28)23-8-11-26(12-9-23)36-17-16-33-14-4-5-15-33;2*3-1(4)2(5)6/h6-13,19-20,34H,4-5,14-18,21H2,1-3H3;2*(H,3,4)(H,5,6). The molecule has 14 heteroatoms. The van der Waals surface area contributed by atoms with Gasteiger partial charge in [-0.15, -0.1) is 11.3 Å². The van der Waals surface area contributed by atoms with Crippen LogP contribution in [0.5, 0.6) is 17.2 Å². The van der Waals surface area contributed by atoms with Crippen molar-refractivity contribution in [1.29, 1.82) is 0 Å². The van der Waals surface area contributed by atoms with Crippen LogP contribution >= 0.6 is 11.3 Å². The first-order valence-corrected chi connectivity index (χ1v) is 16.0. The Bertz CT molecular complexity index is 1700. The third-order valence-corrected chi connectivity index (χ3v) is 8.60. The number of likely N-dealkylation sites (tertiary alicyclic amines) is 1. The molecule has 1 saturated heterocycles. The first-order valence-electron chi connectivity index (χ1n) is 15.2. The van der Waals surface area contributed by atoms with Gasteiger partial charge in [0.2, 0.25) is 0 Å². The summed E-state index contributed by atoms with van der Waals surface area (Å²) < 4.78 is 12.9. The van der Waals surface area contributed by atoms with E-state index in [1.807, 2.05) is 12.1 Å². The number of methoxy groups -OCH3 is 1. The van der Waals surface area contributed by atoms with Gasteiger partial charge in [0.1, 0.15) is 23.9 Å². The molecule has 1 aromatic heterocycles. The summed E-state index contributed by atoms with van der Waals surface area (Å²) in [6, 6.07) is 20.7. The molecule has 1 fully saturated rings. The Kier molecular flexibility index (Phi) is 14.4. The van der Waals surface area contributed by atoms with Gasteiger partial charge in [0, 0.05) is 28.2 Å². The lowest BCUT2D eigenvalue weighted by Gasteiger charge is -2.15. The van der Waals surface area contributed by atoms with Crippen LogP contribution in [0.25, 0.3) is 20.5 Å². The van der Waals surface area contributed by atoms with Gasteiger partial charge in [-0.2, -0.15) is 0 Å². The number of hydrogen-bond acceptors (Lipinski definition) is 10. The lowest BCUT2D eigenvalue weighted by Crippen LogP contribution is -2.25. The number of ether oxygens (including phenoxy) is 2. The summed E-state index contributed by atoms with van der Waals surface area (Å²) >= 11 is 1.73. The highest BCUT2D eigenvalue weighted by Crippen LogP contribution is 2.42. The van der Waals surface area contributed by atoms with E-state index in [9.17, 15) is 5.11 Å². The van der Waals surface area contributed by atoms with Crippen LogP contribution in [-0.2, 0) is 32.1 Å². The highest BCUT2D eigenvalue weighted by Gasteiger charge is 2.17. The van der Waals surface area contributed by atoms with Gasteiger partial charge in [0.05, 0.1) is 7.11 Å². The summed E-state index contributed by atoms with van der Waals surface area (Å²) in [6.45, 7) is 4.93. The molecule has 4 aromatic rings. The minimum atomic E-state index is -1.82. The SMILES string of the molecule is COc1cc(Cc2c(-c3ccc(OCCN4CCCC4)cc3)sc3cc(O)ccc23)ccc1CN(C)C.O=C(O)C(=O)O.O=C(O)C(=O)O. The van der Waals surface area contributed by atoms with Crippen LogP contribution in [0.2, 0.25) is 0 Å². The van der Waals surface area contributed by atoms with E-state index in [1.165, 1.54) is 58.4 Å². The highest BCUT2D eigenvalue weighted by molar-refractivity contribution is 7.22. The predicted molar refractivity (Wildman–Crippen MR) is 184 cm³/mol. The molecule has 1 aliphatic rings. The molecule has 0 aliphatic carbocycles. The lowest BCUT2D eigenvalue weighted by atomic mass is 9.97. The molecule has 49 heavy (non-hydrogen) atoms. The monoisotopic (exact) mass is 696 g/mol. The zero-order valence-corrected chi connectivity index (χ0v) is 28.2. The molecule has 3 aromatic carbocycles. The average molecular weight is 697 g/mol. The third-order valence-electron chi connectivity index (χ3n) is 7.35. The number of hydrogen-bond donors (Lipinski definition) is 5. The van der Waals surface area contributed by atoms with Gasteiger partial charge in [-0.25, -0.2) is 19.2 Å². The number of nitrogens with zero attached hydrogens (tertiary/aromatic N) is 2. The predicted octanol–water partition coefficient (Wildman–Crippen LogP) is 4.72. The van der Waals surface area contributed by atoms with Gasteiger partial charge in [0.15, 0.2) is 0 Å². The quantitative estimate of drug-likeness (QED) is 0.143. The maximum Gasteiger partial charge on any atom is 0.414 e. The van der Waals surface area contributed by atoms with E-state index in [0.29, 0.717) is 5.75 Å². The van der Waals surface area contributed by atoms with Crippen molar-refractivity contribution in [2.75, 3.05) is 47.4 Å². The van der Waals surface area contributed by atoms with Crippen molar-refractivity contribution < 1.29 is 54.2 Å². The number of rotatable bonds is 10. The molecule has 0 unspecified atom stereocenters. The zero-order chi connectivity index (χ0) is 36.1. The first-order chi connectivity index (χ1) is 23.3. The molecule has 13 nitrogen and oxygen atoms in total. The van der Waals surface area contributed by atoms with Crippen molar-refractivity contribution in [3.8, 4) is 27.7 Å². The normalized spacial score (nSPS) is 12.4. The van der Waals surface area contributed by atoms with Crippen molar-refractivity contribution in [2.45, 2.75) is 25.8 Å². The molecule has 0 bridgehead atoms. The number of fused-ring (bicyclic) bond motifs is 1. The van der Waals surface area contributed by atoms with E-state index >= 15 is 0 Å². The van der Waals surface area contributed by atoms with Crippen molar-refractivity contribution in [3.05, 3.63) is 77.4 Å². The van der Waals surface area contributed by atoms with Crippen LogP contribution < -0.4 is 9.47 Å². The highest BCUT2D eigenvalue weighted by atomic mass is 32.1. The second-order valence-electron chi connectivity index (χ2n) is 11.3. The van der Waals surface area contributed by atoms with Crippen LogP contribution in [0.1, 0.15) is 29.5 Å². The Morgan fingerprint density at radius 3 is 2.00 bits per heavy atom. The molecular formula is C35H40N2O11S. The van der Waals surface area contributed by atoms with Gasteiger partial charge >= 0.3 is 23.9 Å². The summed E-state index contributed by atoms with van der Waals surface area (Å²) in [4.78, 5) is 42.2. The van der Waals surface area contributed by atoms with Gasteiger partial charge in [0.25, 0.3) is 0 Å². The number of phenolic OH excluding ortho intramolecular Hbond substituents is 1. The Morgan fingerprint density at radius 1 is 0.837 bits per heavy atom. The number of benzene rings is 3. The summed E-state index contributed by atoms with van der Waals surface area (Å²) in [5.74, 6) is -5.18. The van der Waals surface area contributed by atoms with Crippen LogP contribution in [0.4, 0.5) is 0 Å². The van der Waals surface area contributed by atoms with Crippen LogP contribution in [0.3, 0.4) is 0 Å². The minimum absolute atomic E-state index is 0.295.